The summed E-state index contributed by atoms with van der Waals surface area (Å²) in [5, 5.41) is 5.17. The third-order valence-corrected chi connectivity index (χ3v) is 3.18. The van der Waals surface area contributed by atoms with Gasteiger partial charge in [0.1, 0.15) is 11.6 Å². The van der Waals surface area contributed by atoms with E-state index in [0.29, 0.717) is 17.9 Å². The molecular weight excluding hydrogens is 299 g/mol. The lowest BCUT2D eigenvalue weighted by molar-refractivity contribution is -0.120. The van der Waals surface area contributed by atoms with Crippen LogP contribution in [0.5, 0.6) is 5.75 Å². The summed E-state index contributed by atoms with van der Waals surface area (Å²) in [6, 6.07) is 12.4. The number of amides is 2. The van der Waals surface area contributed by atoms with Gasteiger partial charge in [0.05, 0.1) is 13.7 Å². The average Bonchev–Trinajstić information content (AvgIpc) is 2.58. The summed E-state index contributed by atoms with van der Waals surface area (Å²) >= 11 is 0. The van der Waals surface area contributed by atoms with Crippen LogP contribution in [0, 0.1) is 5.82 Å². The molecule has 6 heteroatoms. The molecule has 2 aromatic carbocycles. The minimum absolute atomic E-state index is 0.161. The number of carbonyl (C=O) groups is 2. The summed E-state index contributed by atoms with van der Waals surface area (Å²) in [4.78, 5) is 23.6. The van der Waals surface area contributed by atoms with Crippen molar-refractivity contribution >= 4 is 11.8 Å². The number of ether oxygens (including phenoxy) is 1. The second kappa shape index (κ2) is 7.93. The van der Waals surface area contributed by atoms with Crippen molar-refractivity contribution in [2.24, 2.45) is 0 Å². The van der Waals surface area contributed by atoms with Crippen LogP contribution < -0.4 is 15.4 Å². The molecule has 0 heterocycles. The van der Waals surface area contributed by atoms with Crippen molar-refractivity contribution in [2.75, 3.05) is 13.7 Å². The lowest BCUT2D eigenvalue weighted by atomic mass is 10.2. The Hall–Kier alpha value is -2.89. The maximum absolute atomic E-state index is 12.8. The first kappa shape index (κ1) is 16.5. The largest absolute Gasteiger partial charge is 0.496 e. The minimum atomic E-state index is -0.433. The summed E-state index contributed by atoms with van der Waals surface area (Å²) in [5.41, 5.74) is 1.14. The molecule has 0 bridgehead atoms. The van der Waals surface area contributed by atoms with E-state index < -0.39 is 11.7 Å². The van der Waals surface area contributed by atoms with Gasteiger partial charge in [0.2, 0.25) is 5.91 Å². The Morgan fingerprint density at radius 1 is 1.04 bits per heavy atom. The average molecular weight is 316 g/mol. The van der Waals surface area contributed by atoms with Crippen LogP contribution in [0.1, 0.15) is 15.9 Å². The fourth-order valence-electron chi connectivity index (χ4n) is 1.97. The van der Waals surface area contributed by atoms with E-state index in [2.05, 4.69) is 10.6 Å². The number of benzene rings is 2. The third-order valence-electron chi connectivity index (χ3n) is 3.18. The fraction of sp³-hybridized carbons (Fsp3) is 0.176. The maximum Gasteiger partial charge on any atom is 0.251 e. The van der Waals surface area contributed by atoms with Gasteiger partial charge in [-0.1, -0.05) is 18.2 Å². The molecule has 23 heavy (non-hydrogen) atoms. The third kappa shape index (κ3) is 4.81. The molecule has 0 atom stereocenters. The number of carbonyl (C=O) groups excluding carboxylic acids is 2. The molecule has 0 fully saturated rings. The van der Waals surface area contributed by atoms with Crippen LogP contribution in [-0.4, -0.2) is 25.5 Å². The first-order chi connectivity index (χ1) is 11.1. The van der Waals surface area contributed by atoms with Crippen LogP contribution in [0.3, 0.4) is 0 Å². The second-order valence-corrected chi connectivity index (χ2v) is 4.78. The monoisotopic (exact) mass is 316 g/mol. The summed E-state index contributed by atoms with van der Waals surface area (Å²) in [6.07, 6.45) is 0. The maximum atomic E-state index is 12.8. The summed E-state index contributed by atoms with van der Waals surface area (Å²) in [6.45, 7) is 0.140. The van der Waals surface area contributed by atoms with Crippen molar-refractivity contribution in [1.82, 2.24) is 10.6 Å². The smallest absolute Gasteiger partial charge is 0.251 e. The predicted molar refractivity (Wildman–Crippen MR) is 83.6 cm³/mol. The molecule has 2 rings (SSSR count). The van der Waals surface area contributed by atoms with Crippen molar-refractivity contribution in [2.45, 2.75) is 6.54 Å². The van der Waals surface area contributed by atoms with Crippen molar-refractivity contribution in [3.05, 3.63) is 65.5 Å². The Bertz CT molecular complexity index is 686. The zero-order valence-corrected chi connectivity index (χ0v) is 12.6. The molecule has 0 aliphatic carbocycles. The Morgan fingerprint density at radius 3 is 2.43 bits per heavy atom. The molecule has 0 unspecified atom stereocenters. The molecule has 0 aliphatic heterocycles. The van der Waals surface area contributed by atoms with Crippen LogP contribution in [-0.2, 0) is 11.3 Å². The van der Waals surface area contributed by atoms with Crippen LogP contribution in [0.4, 0.5) is 4.39 Å². The number of nitrogens with one attached hydrogen (secondary N) is 2. The number of hydrogen-bond donors (Lipinski definition) is 2. The highest BCUT2D eigenvalue weighted by molar-refractivity contribution is 5.96. The molecule has 5 nitrogen and oxygen atoms in total. The quantitative estimate of drug-likeness (QED) is 0.855. The van der Waals surface area contributed by atoms with Gasteiger partial charge in [-0.2, -0.15) is 0 Å². The Balaban J connectivity index is 1.81. The molecule has 0 aliphatic rings. The topological polar surface area (TPSA) is 67.4 Å². The number of rotatable bonds is 6. The molecule has 2 amide bonds. The number of methoxy groups -OCH3 is 1. The number of hydrogen-bond acceptors (Lipinski definition) is 3. The van der Waals surface area contributed by atoms with Crippen LogP contribution >= 0.6 is 0 Å². The van der Waals surface area contributed by atoms with E-state index in [1.165, 1.54) is 24.3 Å². The van der Waals surface area contributed by atoms with Gasteiger partial charge in [-0.3, -0.25) is 9.59 Å². The van der Waals surface area contributed by atoms with E-state index in [4.69, 9.17) is 4.74 Å². The van der Waals surface area contributed by atoms with Crippen LogP contribution in [0.2, 0.25) is 0 Å². The normalized spacial score (nSPS) is 10.0. The summed E-state index contributed by atoms with van der Waals surface area (Å²) < 4.78 is 18.0. The molecule has 2 aromatic rings. The standard InChI is InChI=1S/C17H17FN2O3/c1-23-15-5-3-2-4-13(15)10-19-16(21)11-20-17(22)12-6-8-14(18)9-7-12/h2-9H,10-11H2,1H3,(H,19,21)(H,20,22). The van der Waals surface area contributed by atoms with Gasteiger partial charge in [0, 0.05) is 17.7 Å². The Morgan fingerprint density at radius 2 is 1.74 bits per heavy atom. The van der Waals surface area contributed by atoms with E-state index in [9.17, 15) is 14.0 Å². The van der Waals surface area contributed by atoms with E-state index >= 15 is 0 Å². The van der Waals surface area contributed by atoms with Gasteiger partial charge < -0.3 is 15.4 Å². The van der Waals surface area contributed by atoms with Gasteiger partial charge >= 0.3 is 0 Å². The highest BCUT2D eigenvalue weighted by atomic mass is 19.1. The van der Waals surface area contributed by atoms with Gasteiger partial charge in [-0.05, 0) is 30.3 Å². The van der Waals surface area contributed by atoms with E-state index in [1.54, 1.807) is 13.2 Å². The SMILES string of the molecule is COc1ccccc1CNC(=O)CNC(=O)c1ccc(F)cc1. The fourth-order valence-corrected chi connectivity index (χ4v) is 1.97. The predicted octanol–water partition coefficient (Wildman–Crippen LogP) is 1.88. The molecule has 2 N–H and O–H groups in total. The Labute approximate surface area is 133 Å². The zero-order valence-electron chi connectivity index (χ0n) is 12.6. The molecular formula is C17H17FN2O3. The zero-order chi connectivity index (χ0) is 16.7. The van der Waals surface area contributed by atoms with Crippen molar-refractivity contribution < 1.29 is 18.7 Å². The van der Waals surface area contributed by atoms with Crippen LogP contribution in [0.25, 0.3) is 0 Å². The molecule has 0 aromatic heterocycles. The molecule has 0 radical (unpaired) electrons. The van der Waals surface area contributed by atoms with Crippen molar-refractivity contribution in [3.8, 4) is 5.75 Å². The Kier molecular flexibility index (Phi) is 5.68. The molecule has 0 saturated heterocycles. The van der Waals surface area contributed by atoms with Crippen molar-refractivity contribution in [3.63, 3.8) is 0 Å². The number of halogens is 1. The lowest BCUT2D eigenvalue weighted by Gasteiger charge is -2.10. The van der Waals surface area contributed by atoms with Gasteiger partial charge in [-0.15, -0.1) is 0 Å². The summed E-state index contributed by atoms with van der Waals surface area (Å²) in [5.74, 6) is -0.497. The minimum Gasteiger partial charge on any atom is -0.496 e. The lowest BCUT2D eigenvalue weighted by Crippen LogP contribution is -2.36. The highest BCUT2D eigenvalue weighted by Crippen LogP contribution is 2.16. The van der Waals surface area contributed by atoms with Gasteiger partial charge in [-0.25, -0.2) is 4.39 Å². The molecule has 0 spiro atoms. The van der Waals surface area contributed by atoms with Gasteiger partial charge in [0.15, 0.2) is 0 Å². The molecule has 120 valence electrons. The molecule has 0 saturated carbocycles. The first-order valence-corrected chi connectivity index (χ1v) is 7.02. The van der Waals surface area contributed by atoms with E-state index in [0.717, 1.165) is 5.56 Å². The van der Waals surface area contributed by atoms with E-state index in [1.807, 2.05) is 18.2 Å². The number of para-hydroxylation sites is 1. The van der Waals surface area contributed by atoms with E-state index in [-0.39, 0.29) is 12.5 Å². The second-order valence-electron chi connectivity index (χ2n) is 4.78. The van der Waals surface area contributed by atoms with Gasteiger partial charge in [0.25, 0.3) is 5.91 Å². The first-order valence-electron chi connectivity index (χ1n) is 7.02. The summed E-state index contributed by atoms with van der Waals surface area (Å²) in [7, 11) is 1.56. The highest BCUT2D eigenvalue weighted by Gasteiger charge is 2.09. The van der Waals surface area contributed by atoms with Crippen LogP contribution in [0.15, 0.2) is 48.5 Å². The van der Waals surface area contributed by atoms with Crippen molar-refractivity contribution in [1.29, 1.82) is 0 Å².